The Morgan fingerprint density at radius 1 is 1.55 bits per heavy atom. The van der Waals surface area contributed by atoms with Gasteiger partial charge in [-0.05, 0) is 41.0 Å². The molecule has 3 unspecified atom stereocenters. The fraction of sp³-hybridized carbons (Fsp3) is 0.929. The van der Waals surface area contributed by atoms with Crippen LogP contribution in [0.5, 0.6) is 0 Å². The lowest BCUT2D eigenvalue weighted by Gasteiger charge is -2.37. The van der Waals surface area contributed by atoms with Gasteiger partial charge in [-0.3, -0.25) is 0 Å². The zero-order valence-electron chi connectivity index (χ0n) is 14.8. The molecule has 4 atom stereocenters. The molecular formula is C14H27N2O3P. The topological polar surface area (TPSA) is 35.3 Å². The first-order chi connectivity index (χ1) is 10.4. The molecule has 0 spiro atoms. The van der Waals surface area contributed by atoms with Crippen LogP contribution in [0.4, 0.5) is 0 Å². The van der Waals surface area contributed by atoms with E-state index in [0.717, 1.165) is 0 Å². The minimum atomic E-state index is -1.33. The average molecular weight is 305 g/mol. The molecule has 1 fully saturated rings. The highest BCUT2D eigenvalue weighted by atomic mass is 31.2. The van der Waals surface area contributed by atoms with Gasteiger partial charge in [0.2, 0.25) is 6.54 Å². The average Bonchev–Trinajstić information content (AvgIpc) is 2.78. The molecule has 0 N–H and O–H groups in total. The van der Waals surface area contributed by atoms with Crippen molar-refractivity contribution in [3.05, 3.63) is 11.4 Å². The fourth-order valence-corrected chi connectivity index (χ4v) is 3.78. The Balaban J connectivity index is 2.78. The van der Waals surface area contributed by atoms with Gasteiger partial charge in [-0.1, -0.05) is 0 Å². The van der Waals surface area contributed by atoms with E-state index >= 15 is 0 Å². The van der Waals surface area contributed by atoms with Crippen molar-refractivity contribution in [3.8, 4) is 0 Å². The first-order valence-electron chi connectivity index (χ1n) is 8.27. The Morgan fingerprint density at radius 2 is 2.25 bits per heavy atom. The van der Waals surface area contributed by atoms with Crippen LogP contribution in [-0.4, -0.2) is 48.7 Å². The molecule has 0 aromatic carbocycles. The van der Waals surface area contributed by atoms with Crippen LogP contribution in [0.3, 0.4) is 0 Å². The number of hydrogen-bond donors (Lipinski definition) is 0. The standard InChI is InChI=1S/C14H27N2O3P/c1-11(2)16(12(3)4)20(18-10-8-15-6)19-14-7-9-17-13(14)5/h11-14H,7-10H2,1-5H3/t13-,14?,20?/m1/s1/i5D,9T/t9?,13-,14?,20?. The molecule has 5 nitrogen and oxygen atoms in total. The van der Waals surface area contributed by atoms with E-state index in [4.69, 9.17) is 23.1 Å². The van der Waals surface area contributed by atoms with E-state index in [9.17, 15) is 0 Å². The Kier molecular flexibility index (Phi) is 6.55. The molecule has 0 aliphatic carbocycles. The molecule has 0 saturated carbocycles. The largest absolute Gasteiger partial charge is 0.376 e. The first kappa shape index (κ1) is 14.7. The molecular weight excluding hydrogens is 275 g/mol. The molecule has 0 radical (unpaired) electrons. The van der Waals surface area contributed by atoms with Crippen molar-refractivity contribution in [1.29, 1.82) is 0 Å². The molecule has 116 valence electrons. The third-order valence-corrected chi connectivity index (χ3v) is 5.05. The Labute approximate surface area is 127 Å². The van der Waals surface area contributed by atoms with Gasteiger partial charge in [-0.25, -0.2) is 11.2 Å². The van der Waals surface area contributed by atoms with Gasteiger partial charge in [-0.15, -0.1) is 0 Å². The predicted molar refractivity (Wildman–Crippen MR) is 81.4 cm³/mol. The third kappa shape index (κ3) is 5.27. The van der Waals surface area contributed by atoms with E-state index in [1.165, 1.54) is 0 Å². The van der Waals surface area contributed by atoms with Crippen LogP contribution in [0.15, 0.2) is 0 Å². The molecule has 0 aromatic heterocycles. The summed E-state index contributed by atoms with van der Waals surface area (Å²) in [6.45, 7) is 15.3. The van der Waals surface area contributed by atoms with E-state index in [1.807, 2.05) is 0 Å². The Bertz CT molecular complexity index is 360. The predicted octanol–water partition coefficient (Wildman–Crippen LogP) is 3.46. The van der Waals surface area contributed by atoms with Crippen molar-refractivity contribution < 1.29 is 16.5 Å². The monoisotopic (exact) mass is 305 g/mol. The zero-order valence-corrected chi connectivity index (χ0v) is 13.7. The van der Waals surface area contributed by atoms with Crippen LogP contribution in [0.1, 0.15) is 43.8 Å². The van der Waals surface area contributed by atoms with Crippen molar-refractivity contribution in [1.82, 2.24) is 4.67 Å². The maximum absolute atomic E-state index is 7.71. The summed E-state index contributed by atoms with van der Waals surface area (Å²) in [5, 5.41) is 0. The lowest BCUT2D eigenvalue weighted by Crippen LogP contribution is -2.35. The summed E-state index contributed by atoms with van der Waals surface area (Å²) in [6, 6.07) is 0.477. The van der Waals surface area contributed by atoms with Crippen LogP contribution < -0.4 is 0 Å². The van der Waals surface area contributed by atoms with Gasteiger partial charge >= 0.3 is 0 Å². The van der Waals surface area contributed by atoms with Gasteiger partial charge in [0, 0.05) is 20.0 Å². The molecule has 20 heavy (non-hydrogen) atoms. The van der Waals surface area contributed by atoms with E-state index < -0.39 is 15.1 Å². The quantitative estimate of drug-likeness (QED) is 0.391. The van der Waals surface area contributed by atoms with Crippen LogP contribution in [0.2, 0.25) is 0 Å². The fourth-order valence-electron chi connectivity index (χ4n) is 2.03. The van der Waals surface area contributed by atoms with Crippen molar-refractivity contribution in [3.63, 3.8) is 0 Å². The maximum atomic E-state index is 7.71. The van der Waals surface area contributed by atoms with Crippen LogP contribution in [-0.2, 0) is 13.8 Å². The van der Waals surface area contributed by atoms with Crippen molar-refractivity contribution in [2.24, 2.45) is 0 Å². The van der Waals surface area contributed by atoms with Gasteiger partial charge in [0.05, 0.1) is 13.6 Å². The second kappa shape index (κ2) is 8.92. The van der Waals surface area contributed by atoms with Crippen LogP contribution in [0, 0.1) is 6.57 Å². The first-order valence-corrected chi connectivity index (χ1v) is 8.11. The smallest absolute Gasteiger partial charge is 0.259 e. The van der Waals surface area contributed by atoms with Crippen molar-refractivity contribution in [2.75, 3.05) is 19.7 Å². The Hall–Kier alpha value is -0.240. The molecule has 6 heteroatoms. The second-order valence-electron chi connectivity index (χ2n) is 5.24. The highest BCUT2D eigenvalue weighted by Crippen LogP contribution is 2.48. The van der Waals surface area contributed by atoms with Gasteiger partial charge in [0.25, 0.3) is 8.53 Å². The molecule has 1 heterocycles. The highest BCUT2D eigenvalue weighted by molar-refractivity contribution is 7.44. The maximum Gasteiger partial charge on any atom is 0.259 e. The summed E-state index contributed by atoms with van der Waals surface area (Å²) in [5.74, 6) is 0. The minimum absolute atomic E-state index is 0.0780. The van der Waals surface area contributed by atoms with Gasteiger partial charge in [0.15, 0.2) is 0 Å². The van der Waals surface area contributed by atoms with Crippen LogP contribution in [0.25, 0.3) is 4.85 Å². The van der Waals surface area contributed by atoms with Crippen molar-refractivity contribution >= 4 is 8.53 Å². The van der Waals surface area contributed by atoms with E-state index in [1.54, 1.807) is 0 Å². The SMILES string of the molecule is [2H]C[C@H]1OC([3H])CC1OP(OCC[N+]#[C-])N(C(C)C)C(C)C. The Morgan fingerprint density at radius 3 is 2.80 bits per heavy atom. The van der Waals surface area contributed by atoms with Gasteiger partial charge in [0.1, 0.15) is 6.61 Å². The summed E-state index contributed by atoms with van der Waals surface area (Å²) >= 11 is 0. The second-order valence-corrected chi connectivity index (χ2v) is 6.65. The summed E-state index contributed by atoms with van der Waals surface area (Å²) in [5.41, 5.74) is 0. The van der Waals surface area contributed by atoms with Gasteiger partial charge in [-0.2, -0.15) is 0 Å². The number of hydrogen-bond acceptors (Lipinski definition) is 4. The van der Waals surface area contributed by atoms with Crippen LogP contribution >= 0.6 is 8.53 Å². The van der Waals surface area contributed by atoms with Crippen molar-refractivity contribution in [2.45, 2.75) is 65.3 Å². The minimum Gasteiger partial charge on any atom is -0.376 e. The zero-order chi connectivity index (χ0) is 16.7. The number of rotatable bonds is 8. The van der Waals surface area contributed by atoms with Gasteiger partial charge < -0.3 is 18.6 Å². The van der Waals surface area contributed by atoms with E-state index in [-0.39, 0.29) is 31.2 Å². The molecule has 0 amide bonds. The molecule has 1 aliphatic rings. The summed E-state index contributed by atoms with van der Waals surface area (Å²) in [4.78, 5) is 3.31. The van der Waals surface area contributed by atoms with E-state index in [2.05, 4.69) is 37.2 Å². The molecule has 0 bridgehead atoms. The molecule has 1 saturated heterocycles. The highest BCUT2D eigenvalue weighted by Gasteiger charge is 2.34. The third-order valence-electron chi connectivity index (χ3n) is 2.89. The molecule has 1 rings (SSSR count). The summed E-state index contributed by atoms with van der Waals surface area (Å²) in [7, 11) is -1.33. The lowest BCUT2D eigenvalue weighted by molar-refractivity contribution is 0.0548. The number of ether oxygens (including phenoxy) is 1. The molecule has 0 aromatic rings. The number of nitrogens with zero attached hydrogens (tertiary/aromatic N) is 2. The molecule has 1 aliphatic heterocycles. The normalized spacial score (nSPS) is 29.6. The lowest BCUT2D eigenvalue weighted by atomic mass is 10.2. The summed E-state index contributed by atoms with van der Waals surface area (Å²) in [6.07, 6.45) is -0.212. The van der Waals surface area contributed by atoms with E-state index in [0.29, 0.717) is 19.6 Å². The summed E-state index contributed by atoms with van der Waals surface area (Å²) < 4.78 is 34.7.